The molecule has 2 amide bonds. The van der Waals surface area contributed by atoms with Crippen molar-refractivity contribution >= 4 is 39.1 Å². The van der Waals surface area contributed by atoms with Gasteiger partial charge in [-0.25, -0.2) is 8.42 Å². The lowest BCUT2D eigenvalue weighted by Crippen LogP contribution is -2.51. The monoisotopic (exact) mass is 521 g/mol. The average Bonchev–Trinajstić information content (AvgIpc) is 2.79. The van der Waals surface area contributed by atoms with Crippen molar-refractivity contribution in [2.45, 2.75) is 53.1 Å². The number of benzene rings is 2. The Kier molecular flexibility index (Phi) is 10.2. The summed E-state index contributed by atoms with van der Waals surface area (Å²) in [6, 6.07) is 13.3. The number of halogens is 1. The van der Waals surface area contributed by atoms with Crippen LogP contribution in [0.5, 0.6) is 0 Å². The minimum absolute atomic E-state index is 0.0523. The lowest BCUT2D eigenvalue weighted by molar-refractivity contribution is -0.139. The van der Waals surface area contributed by atoms with Crippen LogP contribution in [0.15, 0.2) is 48.5 Å². The minimum Gasteiger partial charge on any atom is -0.354 e. The molecule has 0 heterocycles. The zero-order valence-electron chi connectivity index (χ0n) is 21.3. The van der Waals surface area contributed by atoms with Crippen LogP contribution in [0.3, 0.4) is 0 Å². The van der Waals surface area contributed by atoms with E-state index in [0.29, 0.717) is 17.3 Å². The second-order valence-electron chi connectivity index (χ2n) is 9.45. The molecule has 0 aromatic heterocycles. The van der Waals surface area contributed by atoms with E-state index in [-0.39, 0.29) is 24.3 Å². The molecule has 0 saturated heterocycles. The molecule has 0 aliphatic rings. The van der Waals surface area contributed by atoms with E-state index in [1.165, 1.54) is 4.90 Å². The Labute approximate surface area is 214 Å². The number of anilines is 1. The largest absolute Gasteiger partial charge is 0.354 e. The Bertz CT molecular complexity index is 1120. The molecule has 1 N–H and O–H groups in total. The Morgan fingerprint density at radius 1 is 0.971 bits per heavy atom. The van der Waals surface area contributed by atoms with Crippen LogP contribution >= 0.6 is 11.6 Å². The van der Waals surface area contributed by atoms with Gasteiger partial charge in [0.25, 0.3) is 0 Å². The van der Waals surface area contributed by atoms with E-state index >= 15 is 0 Å². The lowest BCUT2D eigenvalue weighted by Gasteiger charge is -2.32. The fraction of sp³-hybridized carbons (Fsp3) is 0.462. The van der Waals surface area contributed by atoms with Gasteiger partial charge in [-0.1, -0.05) is 69.6 Å². The summed E-state index contributed by atoms with van der Waals surface area (Å²) in [5, 5.41) is 3.42. The molecule has 2 rings (SSSR count). The highest BCUT2D eigenvalue weighted by Crippen LogP contribution is 2.29. The van der Waals surface area contributed by atoms with Gasteiger partial charge in [0.15, 0.2) is 0 Å². The number of rotatable bonds is 11. The van der Waals surface area contributed by atoms with Gasteiger partial charge in [-0.3, -0.25) is 13.9 Å². The standard InChI is InChI=1S/C26H36ClN3O4S/c1-18(2)15-28-26(32)20(5)29(16-21-11-13-22(27)14-12-21)25(31)17-30(35(6,33)34)24-10-8-7-9-23(24)19(3)4/h7-14,18-20H,15-17H2,1-6H3,(H,28,32)/t20-/m1/s1. The van der Waals surface area contributed by atoms with Crippen LogP contribution in [0.2, 0.25) is 5.02 Å². The van der Waals surface area contributed by atoms with Crippen LogP contribution in [0, 0.1) is 5.92 Å². The quantitative estimate of drug-likeness (QED) is 0.474. The summed E-state index contributed by atoms with van der Waals surface area (Å²) < 4.78 is 26.7. The summed E-state index contributed by atoms with van der Waals surface area (Å²) in [4.78, 5) is 27.9. The predicted octanol–water partition coefficient (Wildman–Crippen LogP) is 4.42. The predicted molar refractivity (Wildman–Crippen MR) is 142 cm³/mol. The Balaban J connectivity index is 2.42. The summed E-state index contributed by atoms with van der Waals surface area (Å²) in [5.74, 6) is -0.470. The highest BCUT2D eigenvalue weighted by Gasteiger charge is 2.31. The lowest BCUT2D eigenvalue weighted by atomic mass is 10.0. The van der Waals surface area contributed by atoms with Crippen molar-refractivity contribution < 1.29 is 18.0 Å². The summed E-state index contributed by atoms with van der Waals surface area (Å²) >= 11 is 6.00. The summed E-state index contributed by atoms with van der Waals surface area (Å²) in [5.41, 5.74) is 2.05. The Hall–Kier alpha value is -2.58. The van der Waals surface area contributed by atoms with Crippen molar-refractivity contribution in [3.63, 3.8) is 0 Å². The number of hydrogen-bond donors (Lipinski definition) is 1. The number of sulfonamides is 1. The van der Waals surface area contributed by atoms with Gasteiger partial charge in [0, 0.05) is 18.1 Å². The second kappa shape index (κ2) is 12.4. The molecule has 0 spiro atoms. The number of amides is 2. The van der Waals surface area contributed by atoms with Crippen LogP contribution in [-0.2, 0) is 26.2 Å². The highest BCUT2D eigenvalue weighted by molar-refractivity contribution is 7.92. The number of hydrogen-bond acceptors (Lipinski definition) is 4. The van der Waals surface area contributed by atoms with Crippen molar-refractivity contribution in [2.24, 2.45) is 5.92 Å². The maximum atomic E-state index is 13.6. The molecule has 0 fully saturated rings. The molecule has 2 aromatic carbocycles. The van der Waals surface area contributed by atoms with Gasteiger partial charge >= 0.3 is 0 Å². The van der Waals surface area contributed by atoms with E-state index in [1.54, 1.807) is 43.3 Å². The number of nitrogens with one attached hydrogen (secondary N) is 1. The third-order valence-corrected chi connectivity index (χ3v) is 7.00. The Morgan fingerprint density at radius 3 is 2.11 bits per heavy atom. The van der Waals surface area contributed by atoms with Crippen LogP contribution < -0.4 is 9.62 Å². The third-order valence-electron chi connectivity index (χ3n) is 5.62. The SMILES string of the molecule is CC(C)CNC(=O)[C@@H](C)N(Cc1ccc(Cl)cc1)C(=O)CN(c1ccccc1C(C)C)S(C)(=O)=O. The van der Waals surface area contributed by atoms with Crippen LogP contribution in [0.25, 0.3) is 0 Å². The van der Waals surface area contributed by atoms with E-state index in [4.69, 9.17) is 11.6 Å². The Morgan fingerprint density at radius 2 is 1.57 bits per heavy atom. The van der Waals surface area contributed by atoms with Crippen molar-refractivity contribution in [2.75, 3.05) is 23.7 Å². The van der Waals surface area contributed by atoms with Gasteiger partial charge in [-0.05, 0) is 48.1 Å². The molecular weight excluding hydrogens is 486 g/mol. The van der Waals surface area contributed by atoms with Gasteiger partial charge < -0.3 is 10.2 Å². The molecular formula is C26H36ClN3O4S. The fourth-order valence-corrected chi connectivity index (χ4v) is 4.61. The maximum Gasteiger partial charge on any atom is 0.244 e. The molecule has 192 valence electrons. The molecule has 0 aliphatic heterocycles. The topological polar surface area (TPSA) is 86.8 Å². The smallest absolute Gasteiger partial charge is 0.244 e. The molecule has 0 unspecified atom stereocenters. The second-order valence-corrected chi connectivity index (χ2v) is 11.8. The number of para-hydroxylation sites is 1. The van der Waals surface area contributed by atoms with Crippen molar-refractivity contribution in [3.05, 3.63) is 64.7 Å². The van der Waals surface area contributed by atoms with Crippen molar-refractivity contribution in [1.82, 2.24) is 10.2 Å². The summed E-state index contributed by atoms with van der Waals surface area (Å²) in [6.45, 7) is 9.74. The third kappa shape index (κ3) is 8.25. The molecule has 2 aromatic rings. The molecule has 0 aliphatic carbocycles. The van der Waals surface area contributed by atoms with Crippen LogP contribution in [-0.4, -0.2) is 50.5 Å². The molecule has 0 saturated carbocycles. The zero-order valence-corrected chi connectivity index (χ0v) is 22.9. The van der Waals surface area contributed by atoms with E-state index < -0.39 is 28.5 Å². The first-order valence-corrected chi connectivity index (χ1v) is 13.9. The van der Waals surface area contributed by atoms with Gasteiger partial charge in [0.05, 0.1) is 11.9 Å². The van der Waals surface area contributed by atoms with Gasteiger partial charge in [-0.15, -0.1) is 0 Å². The number of carbonyl (C=O) groups excluding carboxylic acids is 2. The molecule has 1 atom stereocenters. The van der Waals surface area contributed by atoms with Crippen LogP contribution in [0.1, 0.15) is 51.7 Å². The minimum atomic E-state index is -3.78. The van der Waals surface area contributed by atoms with Gasteiger partial charge in [-0.2, -0.15) is 0 Å². The normalized spacial score (nSPS) is 12.5. The zero-order chi connectivity index (χ0) is 26.3. The van der Waals surface area contributed by atoms with E-state index in [1.807, 2.05) is 39.8 Å². The molecule has 0 radical (unpaired) electrons. The first kappa shape index (κ1) is 28.7. The van der Waals surface area contributed by atoms with Crippen molar-refractivity contribution in [1.29, 1.82) is 0 Å². The summed E-state index contributed by atoms with van der Waals surface area (Å²) in [6.07, 6.45) is 1.08. The number of nitrogens with zero attached hydrogens (tertiary/aromatic N) is 2. The first-order valence-electron chi connectivity index (χ1n) is 11.7. The fourth-order valence-electron chi connectivity index (χ4n) is 3.62. The molecule has 35 heavy (non-hydrogen) atoms. The van der Waals surface area contributed by atoms with E-state index in [0.717, 1.165) is 21.7 Å². The summed E-state index contributed by atoms with van der Waals surface area (Å²) in [7, 11) is -3.78. The average molecular weight is 522 g/mol. The van der Waals surface area contributed by atoms with E-state index in [2.05, 4.69) is 5.32 Å². The van der Waals surface area contributed by atoms with Crippen LogP contribution in [0.4, 0.5) is 5.69 Å². The molecule has 7 nitrogen and oxygen atoms in total. The van der Waals surface area contributed by atoms with Crippen molar-refractivity contribution in [3.8, 4) is 0 Å². The van der Waals surface area contributed by atoms with Gasteiger partial charge in [0.1, 0.15) is 12.6 Å². The van der Waals surface area contributed by atoms with E-state index in [9.17, 15) is 18.0 Å². The molecule has 0 bridgehead atoms. The maximum absolute atomic E-state index is 13.6. The van der Waals surface area contributed by atoms with Gasteiger partial charge in [0.2, 0.25) is 21.8 Å². The first-order chi connectivity index (χ1) is 16.3. The molecule has 9 heteroatoms. The highest BCUT2D eigenvalue weighted by atomic mass is 35.5. The number of carbonyl (C=O) groups is 2.